The number of aromatic hydroxyl groups is 1. The molecule has 0 aliphatic heterocycles. The molecular formula is C11H12O6. The molecule has 0 spiro atoms. The van der Waals surface area contributed by atoms with Crippen molar-refractivity contribution in [3.8, 4) is 17.2 Å². The molecular weight excluding hydrogens is 228 g/mol. The molecule has 17 heavy (non-hydrogen) atoms. The van der Waals surface area contributed by atoms with E-state index in [9.17, 15) is 14.7 Å². The minimum atomic E-state index is -1.74. The van der Waals surface area contributed by atoms with Crippen molar-refractivity contribution in [3.63, 3.8) is 0 Å². The van der Waals surface area contributed by atoms with Crippen LogP contribution in [0.15, 0.2) is 12.1 Å². The molecule has 1 unspecified atom stereocenters. The van der Waals surface area contributed by atoms with Gasteiger partial charge in [-0.2, -0.15) is 0 Å². The fraction of sp³-hybridized carbons (Fsp3) is 0.273. The number of ketones is 1. The molecule has 92 valence electrons. The van der Waals surface area contributed by atoms with Gasteiger partial charge in [0.2, 0.25) is 5.75 Å². The molecule has 0 aliphatic rings. The van der Waals surface area contributed by atoms with Crippen molar-refractivity contribution in [3.05, 3.63) is 17.7 Å². The van der Waals surface area contributed by atoms with Crippen LogP contribution < -0.4 is 9.47 Å². The number of carbonyl (C=O) groups is 2. The summed E-state index contributed by atoms with van der Waals surface area (Å²) in [6, 6.07) is 2.43. The lowest BCUT2D eigenvalue weighted by atomic mass is 10.1. The number of hydrogen-bond acceptors (Lipinski definition) is 6. The molecule has 0 aromatic heterocycles. The molecule has 0 aliphatic carbocycles. The van der Waals surface area contributed by atoms with E-state index in [0.29, 0.717) is 0 Å². The lowest BCUT2D eigenvalue weighted by Crippen LogP contribution is -2.21. The van der Waals surface area contributed by atoms with Crippen LogP contribution in [0.25, 0.3) is 0 Å². The normalized spacial score (nSPS) is 11.7. The van der Waals surface area contributed by atoms with Crippen LogP contribution >= 0.6 is 0 Å². The molecule has 6 nitrogen and oxygen atoms in total. The maximum Gasteiger partial charge on any atom is 0.200 e. The number of aliphatic hydroxyl groups excluding tert-OH is 1. The fourth-order valence-electron chi connectivity index (χ4n) is 1.27. The second-order valence-electron chi connectivity index (χ2n) is 3.17. The Labute approximate surface area is 97.4 Å². The summed E-state index contributed by atoms with van der Waals surface area (Å²) in [5, 5.41) is 18.7. The summed E-state index contributed by atoms with van der Waals surface area (Å²) in [5.74, 6) is -1.01. The van der Waals surface area contributed by atoms with Gasteiger partial charge in [0.1, 0.15) is 0 Å². The Morgan fingerprint density at radius 2 is 1.76 bits per heavy atom. The van der Waals surface area contributed by atoms with Crippen molar-refractivity contribution in [1.29, 1.82) is 0 Å². The van der Waals surface area contributed by atoms with E-state index >= 15 is 0 Å². The zero-order chi connectivity index (χ0) is 13.0. The predicted octanol–water partition coefficient (Wildman–Crippen LogP) is 0.152. The number of ether oxygens (including phenoxy) is 2. The molecule has 0 saturated heterocycles. The standard InChI is InChI=1S/C11H12O6/c1-16-8-3-6(10(14)7(13)5-12)4-9(17-2)11(8)15/h3-5,7,13,15H,1-2H3. The average molecular weight is 240 g/mol. The first-order valence-corrected chi connectivity index (χ1v) is 4.67. The number of aldehydes is 1. The second kappa shape index (κ2) is 5.31. The van der Waals surface area contributed by atoms with E-state index in [-0.39, 0.29) is 29.1 Å². The number of rotatable bonds is 5. The van der Waals surface area contributed by atoms with Gasteiger partial charge in [-0.3, -0.25) is 9.59 Å². The van der Waals surface area contributed by atoms with Crippen LogP contribution in [0.2, 0.25) is 0 Å². The molecule has 0 fully saturated rings. The van der Waals surface area contributed by atoms with Gasteiger partial charge in [-0.1, -0.05) is 0 Å². The highest BCUT2D eigenvalue weighted by Crippen LogP contribution is 2.37. The second-order valence-corrected chi connectivity index (χ2v) is 3.17. The van der Waals surface area contributed by atoms with Crippen LogP contribution in [-0.2, 0) is 4.79 Å². The Morgan fingerprint density at radius 1 is 1.29 bits per heavy atom. The smallest absolute Gasteiger partial charge is 0.200 e. The highest BCUT2D eigenvalue weighted by atomic mass is 16.5. The van der Waals surface area contributed by atoms with E-state index in [1.807, 2.05) is 0 Å². The zero-order valence-corrected chi connectivity index (χ0v) is 9.34. The molecule has 6 heteroatoms. The van der Waals surface area contributed by atoms with Crippen molar-refractivity contribution in [2.45, 2.75) is 6.10 Å². The number of phenols is 1. The summed E-state index contributed by atoms with van der Waals surface area (Å²) in [4.78, 5) is 21.9. The number of aliphatic hydroxyl groups is 1. The van der Waals surface area contributed by atoms with Gasteiger partial charge in [-0.25, -0.2) is 0 Å². The Hall–Kier alpha value is -2.08. The lowest BCUT2D eigenvalue weighted by Gasteiger charge is -2.11. The summed E-state index contributed by atoms with van der Waals surface area (Å²) in [5.41, 5.74) is 0.0103. The van der Waals surface area contributed by atoms with E-state index in [0.717, 1.165) is 0 Å². The minimum Gasteiger partial charge on any atom is -0.502 e. The van der Waals surface area contributed by atoms with Gasteiger partial charge in [0, 0.05) is 5.56 Å². The Kier molecular flexibility index (Phi) is 4.06. The maximum atomic E-state index is 11.5. The van der Waals surface area contributed by atoms with E-state index in [1.165, 1.54) is 26.4 Å². The van der Waals surface area contributed by atoms with E-state index in [1.54, 1.807) is 0 Å². The summed E-state index contributed by atoms with van der Waals surface area (Å²) in [7, 11) is 2.61. The number of carbonyl (C=O) groups excluding carboxylic acids is 2. The van der Waals surface area contributed by atoms with E-state index < -0.39 is 11.9 Å². The maximum absolute atomic E-state index is 11.5. The van der Waals surface area contributed by atoms with Crippen molar-refractivity contribution in [1.82, 2.24) is 0 Å². The highest BCUT2D eigenvalue weighted by molar-refractivity contribution is 6.08. The van der Waals surface area contributed by atoms with Gasteiger partial charge in [0.25, 0.3) is 0 Å². The molecule has 1 atom stereocenters. The molecule has 0 amide bonds. The highest BCUT2D eigenvalue weighted by Gasteiger charge is 2.20. The van der Waals surface area contributed by atoms with Gasteiger partial charge < -0.3 is 19.7 Å². The van der Waals surface area contributed by atoms with Crippen molar-refractivity contribution in [2.75, 3.05) is 14.2 Å². The molecule has 2 N–H and O–H groups in total. The summed E-state index contributed by atoms with van der Waals surface area (Å²) in [6.07, 6.45) is -1.62. The van der Waals surface area contributed by atoms with Gasteiger partial charge >= 0.3 is 0 Å². The van der Waals surface area contributed by atoms with Crippen LogP contribution in [0.5, 0.6) is 17.2 Å². The number of methoxy groups -OCH3 is 2. The SMILES string of the molecule is COc1cc(C(=O)C(O)C=O)cc(OC)c1O. The molecule has 1 aromatic carbocycles. The van der Waals surface area contributed by atoms with Gasteiger partial charge in [-0.05, 0) is 12.1 Å². The third-order valence-corrected chi connectivity index (χ3v) is 2.16. The van der Waals surface area contributed by atoms with Crippen LogP contribution in [0.3, 0.4) is 0 Å². The Bertz CT molecular complexity index is 415. The number of hydrogen-bond donors (Lipinski definition) is 2. The summed E-state index contributed by atoms with van der Waals surface area (Å²) >= 11 is 0. The monoisotopic (exact) mass is 240 g/mol. The molecule has 0 radical (unpaired) electrons. The largest absolute Gasteiger partial charge is 0.502 e. The van der Waals surface area contributed by atoms with Gasteiger partial charge in [0.15, 0.2) is 29.7 Å². The zero-order valence-electron chi connectivity index (χ0n) is 9.34. The molecule has 1 aromatic rings. The van der Waals surface area contributed by atoms with Crippen LogP contribution in [-0.4, -0.2) is 42.6 Å². The predicted molar refractivity (Wildman–Crippen MR) is 57.6 cm³/mol. The molecule has 0 heterocycles. The first-order chi connectivity index (χ1) is 8.04. The topological polar surface area (TPSA) is 93.1 Å². The third-order valence-electron chi connectivity index (χ3n) is 2.16. The molecule has 0 bridgehead atoms. The fourth-order valence-corrected chi connectivity index (χ4v) is 1.27. The quantitative estimate of drug-likeness (QED) is 0.432. The van der Waals surface area contributed by atoms with E-state index in [4.69, 9.17) is 14.6 Å². The van der Waals surface area contributed by atoms with Gasteiger partial charge in [0.05, 0.1) is 14.2 Å². The summed E-state index contributed by atoms with van der Waals surface area (Å²) in [6.45, 7) is 0. The minimum absolute atomic E-state index is 0.0103. The van der Waals surface area contributed by atoms with Gasteiger partial charge in [-0.15, -0.1) is 0 Å². The molecule has 1 rings (SSSR count). The summed E-state index contributed by atoms with van der Waals surface area (Å²) < 4.78 is 9.68. The first kappa shape index (κ1) is 13.0. The third kappa shape index (κ3) is 2.54. The number of Topliss-reactive ketones (excluding diaryl/α,β-unsaturated/α-hetero) is 1. The number of phenolic OH excluding ortho intramolecular Hbond substituents is 1. The van der Waals surface area contributed by atoms with Crippen molar-refractivity contribution >= 4 is 12.1 Å². The molecule has 0 saturated carbocycles. The van der Waals surface area contributed by atoms with Crippen LogP contribution in [0, 0.1) is 0 Å². The first-order valence-electron chi connectivity index (χ1n) is 4.67. The Balaban J connectivity index is 3.26. The van der Waals surface area contributed by atoms with Crippen molar-refractivity contribution < 1.29 is 29.3 Å². The van der Waals surface area contributed by atoms with Crippen LogP contribution in [0.1, 0.15) is 10.4 Å². The number of benzene rings is 1. The Morgan fingerprint density at radius 3 is 2.12 bits per heavy atom. The average Bonchev–Trinajstić information content (AvgIpc) is 2.37. The van der Waals surface area contributed by atoms with Crippen molar-refractivity contribution in [2.24, 2.45) is 0 Å². The lowest BCUT2D eigenvalue weighted by molar-refractivity contribution is -0.112. The van der Waals surface area contributed by atoms with E-state index in [2.05, 4.69) is 0 Å². The van der Waals surface area contributed by atoms with Crippen LogP contribution in [0.4, 0.5) is 0 Å².